The van der Waals surface area contributed by atoms with Gasteiger partial charge in [0.2, 0.25) is 11.6 Å². The van der Waals surface area contributed by atoms with Gasteiger partial charge in [-0.1, -0.05) is 23.3 Å². The number of nitrogens with one attached hydrogen (secondary N) is 2. The molecule has 2 N–H and O–H groups in total. The first-order chi connectivity index (χ1) is 14.3. The summed E-state index contributed by atoms with van der Waals surface area (Å²) in [6, 6.07) is 0. The lowest BCUT2D eigenvalue weighted by Gasteiger charge is -2.27. The first kappa shape index (κ1) is 25.0. The summed E-state index contributed by atoms with van der Waals surface area (Å²) < 4.78 is 57.5. The third-order valence-corrected chi connectivity index (χ3v) is 7.30. The van der Waals surface area contributed by atoms with Crippen molar-refractivity contribution >= 4 is 31.5 Å². The number of carbonyl (C=O) groups excluding carboxylic acids is 2. The molecule has 0 aromatic rings. The van der Waals surface area contributed by atoms with Crippen LogP contribution in [0, 0.1) is 0 Å². The maximum absolute atomic E-state index is 13.0. The van der Waals surface area contributed by atoms with E-state index < -0.39 is 48.7 Å². The SMILES string of the molecule is CC(C)=CCC/C(C)=C/CC1=C(NCCS(=O)(=O)[O-])C(=O)C2=C(NCCS2(=O)=O)C1=O. The number of carbonyl (C=O) groups is 2. The highest BCUT2D eigenvalue weighted by molar-refractivity contribution is 7.96. The number of sulfone groups is 1. The standard InChI is InChI=1S/C20H28N2O7S2/c1-13(2)5-4-6-14(3)7-8-15-16(21-10-12-31(27,28)29)19(24)20-17(18(15)23)22-9-11-30(20,25)26/h5,7,21-22H,4,6,8-12H2,1-3H3,(H,27,28,29)/p-1/b14-7+. The van der Waals surface area contributed by atoms with Crippen LogP contribution < -0.4 is 10.6 Å². The van der Waals surface area contributed by atoms with Gasteiger partial charge in [0.15, 0.2) is 9.84 Å². The molecule has 0 saturated heterocycles. The molecule has 1 heterocycles. The minimum absolute atomic E-state index is 0.0161. The van der Waals surface area contributed by atoms with Gasteiger partial charge in [0.25, 0.3) is 0 Å². The highest BCUT2D eigenvalue weighted by Crippen LogP contribution is 2.30. The van der Waals surface area contributed by atoms with Crippen molar-refractivity contribution in [3.8, 4) is 0 Å². The molecular formula is C20H27N2O7S2-. The Morgan fingerprint density at radius 1 is 1.16 bits per heavy atom. The third kappa shape index (κ3) is 6.62. The van der Waals surface area contributed by atoms with Gasteiger partial charge in [-0.3, -0.25) is 9.59 Å². The van der Waals surface area contributed by atoms with Crippen molar-refractivity contribution in [1.29, 1.82) is 0 Å². The minimum Gasteiger partial charge on any atom is -0.748 e. The van der Waals surface area contributed by atoms with Crippen molar-refractivity contribution in [1.82, 2.24) is 10.6 Å². The monoisotopic (exact) mass is 471 g/mol. The third-order valence-electron chi connectivity index (χ3n) is 4.85. The molecule has 0 fully saturated rings. The topological polar surface area (TPSA) is 150 Å². The van der Waals surface area contributed by atoms with E-state index in [0.29, 0.717) is 0 Å². The first-order valence-electron chi connectivity index (χ1n) is 9.83. The minimum atomic E-state index is -4.55. The summed E-state index contributed by atoms with van der Waals surface area (Å²) in [5, 5.41) is 5.24. The van der Waals surface area contributed by atoms with Gasteiger partial charge < -0.3 is 15.2 Å². The Balaban J connectivity index is 2.37. The van der Waals surface area contributed by atoms with Crippen LogP contribution in [0.4, 0.5) is 0 Å². The Morgan fingerprint density at radius 2 is 1.84 bits per heavy atom. The Bertz CT molecular complexity index is 1100. The van der Waals surface area contributed by atoms with Crippen LogP contribution in [0.25, 0.3) is 0 Å². The van der Waals surface area contributed by atoms with Crippen LogP contribution >= 0.6 is 0 Å². The molecule has 0 aromatic heterocycles. The van der Waals surface area contributed by atoms with Gasteiger partial charge in [-0.05, 0) is 40.0 Å². The second-order valence-corrected chi connectivity index (χ2v) is 11.3. The fourth-order valence-corrected chi connectivity index (χ4v) is 5.04. The maximum Gasteiger partial charge on any atom is 0.222 e. The molecule has 0 radical (unpaired) electrons. The summed E-state index contributed by atoms with van der Waals surface area (Å²) >= 11 is 0. The lowest BCUT2D eigenvalue weighted by Crippen LogP contribution is -2.44. The van der Waals surface area contributed by atoms with E-state index in [2.05, 4.69) is 16.7 Å². The van der Waals surface area contributed by atoms with Gasteiger partial charge in [-0.15, -0.1) is 0 Å². The van der Waals surface area contributed by atoms with E-state index in [1.165, 1.54) is 5.57 Å². The molecule has 2 aliphatic rings. The van der Waals surface area contributed by atoms with E-state index in [9.17, 15) is 31.0 Å². The molecule has 0 aromatic carbocycles. The fraction of sp³-hybridized carbons (Fsp3) is 0.500. The second kappa shape index (κ2) is 9.92. The van der Waals surface area contributed by atoms with Crippen LogP contribution in [-0.4, -0.2) is 57.6 Å². The molecule has 1 aliphatic heterocycles. The van der Waals surface area contributed by atoms with Crippen LogP contribution in [0.1, 0.15) is 40.0 Å². The Labute approximate surface area is 183 Å². The number of hydrogen-bond donors (Lipinski definition) is 2. The number of ketones is 2. The van der Waals surface area contributed by atoms with E-state index in [0.717, 1.165) is 18.4 Å². The summed E-state index contributed by atoms with van der Waals surface area (Å²) in [6.07, 6.45) is 5.50. The fourth-order valence-electron chi connectivity index (χ4n) is 3.25. The lowest BCUT2D eigenvalue weighted by molar-refractivity contribution is -0.116. The molecular weight excluding hydrogens is 444 g/mol. The van der Waals surface area contributed by atoms with Crippen molar-refractivity contribution in [2.75, 3.05) is 24.6 Å². The van der Waals surface area contributed by atoms with Crippen molar-refractivity contribution in [3.05, 3.63) is 45.2 Å². The number of Topliss-reactive ketones (excluding diaryl/α,β-unsaturated/α-hetero) is 2. The molecule has 0 unspecified atom stereocenters. The largest absolute Gasteiger partial charge is 0.748 e. The number of rotatable bonds is 9. The Kier molecular flexibility index (Phi) is 8.01. The van der Waals surface area contributed by atoms with Crippen molar-refractivity contribution in [2.45, 2.75) is 40.0 Å². The molecule has 31 heavy (non-hydrogen) atoms. The van der Waals surface area contributed by atoms with Gasteiger partial charge in [0.05, 0.1) is 27.3 Å². The van der Waals surface area contributed by atoms with Crippen LogP contribution in [0.2, 0.25) is 0 Å². The van der Waals surface area contributed by atoms with E-state index in [-0.39, 0.29) is 35.7 Å². The Morgan fingerprint density at radius 3 is 2.45 bits per heavy atom. The molecule has 0 bridgehead atoms. The zero-order valence-corrected chi connectivity index (χ0v) is 19.4. The summed E-state index contributed by atoms with van der Waals surface area (Å²) in [7, 11) is -8.51. The average molecular weight is 472 g/mol. The van der Waals surface area contributed by atoms with E-state index in [1.54, 1.807) is 6.08 Å². The predicted molar refractivity (Wildman–Crippen MR) is 115 cm³/mol. The summed E-state index contributed by atoms with van der Waals surface area (Å²) in [5.41, 5.74) is 1.69. The van der Waals surface area contributed by atoms with E-state index in [4.69, 9.17) is 0 Å². The summed E-state index contributed by atoms with van der Waals surface area (Å²) in [5.74, 6) is -2.65. The highest BCUT2D eigenvalue weighted by atomic mass is 32.2. The zero-order valence-electron chi connectivity index (χ0n) is 17.8. The quantitative estimate of drug-likeness (QED) is 0.283. The summed E-state index contributed by atoms with van der Waals surface area (Å²) in [6.45, 7) is 5.48. The molecule has 0 atom stereocenters. The van der Waals surface area contributed by atoms with Crippen LogP contribution in [-0.2, 0) is 29.5 Å². The van der Waals surface area contributed by atoms with Crippen molar-refractivity contribution < 1.29 is 31.0 Å². The van der Waals surface area contributed by atoms with E-state index >= 15 is 0 Å². The van der Waals surface area contributed by atoms with Crippen molar-refractivity contribution in [2.24, 2.45) is 0 Å². The highest BCUT2D eigenvalue weighted by Gasteiger charge is 2.42. The molecule has 0 spiro atoms. The predicted octanol–water partition coefficient (Wildman–Crippen LogP) is 0.840. The lowest BCUT2D eigenvalue weighted by atomic mass is 9.93. The van der Waals surface area contributed by atoms with Gasteiger partial charge in [0.1, 0.15) is 10.6 Å². The van der Waals surface area contributed by atoms with Gasteiger partial charge >= 0.3 is 0 Å². The molecule has 0 saturated carbocycles. The van der Waals surface area contributed by atoms with Crippen LogP contribution in [0.15, 0.2) is 45.2 Å². The smallest absolute Gasteiger partial charge is 0.222 e. The molecule has 2 rings (SSSR count). The Hall–Kier alpha value is -2.24. The van der Waals surface area contributed by atoms with Gasteiger partial charge in [-0.25, -0.2) is 16.8 Å². The number of allylic oxidation sites excluding steroid dienone is 6. The summed E-state index contributed by atoms with van der Waals surface area (Å²) in [4.78, 5) is 25.4. The molecule has 11 heteroatoms. The first-order valence-corrected chi connectivity index (χ1v) is 13.1. The van der Waals surface area contributed by atoms with Crippen LogP contribution in [0.3, 0.4) is 0 Å². The maximum atomic E-state index is 13.0. The molecule has 0 amide bonds. The van der Waals surface area contributed by atoms with Gasteiger partial charge in [-0.2, -0.15) is 0 Å². The molecule has 1 aliphatic carbocycles. The number of hydrogen-bond acceptors (Lipinski definition) is 9. The molecule has 172 valence electrons. The zero-order chi connectivity index (χ0) is 23.4. The second-order valence-electron chi connectivity index (χ2n) is 7.72. The average Bonchev–Trinajstić information content (AvgIpc) is 2.63. The normalized spacial score (nSPS) is 19.2. The van der Waals surface area contributed by atoms with Crippen LogP contribution in [0.5, 0.6) is 0 Å². The van der Waals surface area contributed by atoms with Crippen molar-refractivity contribution in [3.63, 3.8) is 0 Å². The molecule has 9 nitrogen and oxygen atoms in total. The van der Waals surface area contributed by atoms with Gasteiger partial charge in [0, 0.05) is 18.7 Å². The van der Waals surface area contributed by atoms with E-state index in [1.807, 2.05) is 20.8 Å².